The monoisotopic (exact) mass is 436 g/mol. The Bertz CT molecular complexity index is 1460. The van der Waals surface area contributed by atoms with Gasteiger partial charge in [0.2, 0.25) is 5.89 Å². The molecule has 0 unspecified atom stereocenters. The molecule has 1 aromatic heterocycles. The van der Waals surface area contributed by atoms with E-state index in [-0.39, 0.29) is 12.5 Å². The third-order valence-corrected chi connectivity index (χ3v) is 5.73. The number of oxazole rings is 1. The highest BCUT2D eigenvalue weighted by molar-refractivity contribution is 5.94. The number of benzene rings is 4. The lowest BCUT2D eigenvalue weighted by Crippen LogP contribution is -2.20. The van der Waals surface area contributed by atoms with E-state index < -0.39 is 0 Å². The van der Waals surface area contributed by atoms with Crippen molar-refractivity contribution in [3.8, 4) is 17.2 Å². The molecule has 1 amide bonds. The van der Waals surface area contributed by atoms with Crippen LogP contribution >= 0.6 is 0 Å². The molecule has 0 spiro atoms. The van der Waals surface area contributed by atoms with Crippen LogP contribution in [0.2, 0.25) is 0 Å². The summed E-state index contributed by atoms with van der Waals surface area (Å²) in [6, 6.07) is 25.6. The zero-order valence-electron chi connectivity index (χ0n) is 18.6. The third-order valence-electron chi connectivity index (χ3n) is 5.73. The maximum absolute atomic E-state index is 12.7. The molecular formula is C28H24N2O3. The Hall–Kier alpha value is -4.12. The molecule has 0 radical (unpaired) electrons. The molecule has 0 aliphatic heterocycles. The highest BCUT2D eigenvalue weighted by Crippen LogP contribution is 2.29. The number of nitrogens with zero attached hydrogens (tertiary/aromatic N) is 1. The topological polar surface area (TPSA) is 64.4 Å². The summed E-state index contributed by atoms with van der Waals surface area (Å²) in [4.78, 5) is 17.3. The van der Waals surface area contributed by atoms with Gasteiger partial charge in [0.25, 0.3) is 5.91 Å². The number of aromatic nitrogens is 1. The summed E-state index contributed by atoms with van der Waals surface area (Å²) in [5, 5.41) is 5.01. The predicted octanol–water partition coefficient (Wildman–Crippen LogP) is 6.54. The maximum atomic E-state index is 12.7. The van der Waals surface area contributed by atoms with Crippen LogP contribution in [0.5, 0.6) is 5.75 Å². The second-order valence-electron chi connectivity index (χ2n) is 8.02. The number of amides is 1. The first-order valence-electron chi connectivity index (χ1n) is 11.0. The molecule has 1 N–H and O–H groups in total. The van der Waals surface area contributed by atoms with E-state index in [1.165, 1.54) is 5.56 Å². The minimum Gasteiger partial charge on any atom is -0.483 e. The van der Waals surface area contributed by atoms with Gasteiger partial charge in [0.05, 0.1) is 0 Å². The van der Waals surface area contributed by atoms with Crippen molar-refractivity contribution in [2.45, 2.75) is 20.3 Å². The lowest BCUT2D eigenvalue weighted by Gasteiger charge is -2.12. The highest BCUT2D eigenvalue weighted by atomic mass is 16.5. The van der Waals surface area contributed by atoms with Crippen LogP contribution in [0.4, 0.5) is 5.69 Å². The first-order valence-corrected chi connectivity index (χ1v) is 11.0. The number of hydrogen-bond acceptors (Lipinski definition) is 4. The van der Waals surface area contributed by atoms with Crippen molar-refractivity contribution < 1.29 is 13.9 Å². The number of hydrogen-bond donors (Lipinski definition) is 1. The molecule has 0 saturated heterocycles. The van der Waals surface area contributed by atoms with Gasteiger partial charge in [-0.25, -0.2) is 4.98 Å². The summed E-state index contributed by atoms with van der Waals surface area (Å²) in [6.45, 7) is 3.98. The lowest BCUT2D eigenvalue weighted by molar-refractivity contribution is -0.118. The van der Waals surface area contributed by atoms with Gasteiger partial charge in [-0.05, 0) is 60.2 Å². The number of rotatable bonds is 6. The minimum absolute atomic E-state index is 0.0830. The maximum Gasteiger partial charge on any atom is 0.262 e. The molecule has 0 fully saturated rings. The largest absolute Gasteiger partial charge is 0.483 e. The van der Waals surface area contributed by atoms with E-state index in [9.17, 15) is 4.79 Å². The summed E-state index contributed by atoms with van der Waals surface area (Å²) < 4.78 is 11.8. The van der Waals surface area contributed by atoms with E-state index in [4.69, 9.17) is 9.15 Å². The molecule has 5 heteroatoms. The van der Waals surface area contributed by atoms with Crippen LogP contribution in [0.15, 0.2) is 83.3 Å². The first kappa shape index (κ1) is 20.8. The number of aryl methyl sites for hydroxylation is 2. The Labute approximate surface area is 192 Å². The Kier molecular flexibility index (Phi) is 5.53. The molecule has 5 aromatic rings. The summed E-state index contributed by atoms with van der Waals surface area (Å²) in [7, 11) is 0. The van der Waals surface area contributed by atoms with Crippen molar-refractivity contribution in [1.82, 2.24) is 4.98 Å². The van der Waals surface area contributed by atoms with E-state index >= 15 is 0 Å². The number of nitrogens with one attached hydrogen (secondary N) is 1. The minimum atomic E-state index is -0.228. The Morgan fingerprint density at radius 2 is 1.85 bits per heavy atom. The molecule has 0 bridgehead atoms. The SMILES string of the molecule is CCc1ccc2oc(-c3ccc(C)c(NC(=O)COc4cccc5ccccc45)c3)nc2c1. The fraction of sp³-hybridized carbons (Fsp3) is 0.143. The molecule has 33 heavy (non-hydrogen) atoms. The normalized spacial score (nSPS) is 11.1. The number of carbonyl (C=O) groups excluding carboxylic acids is 1. The van der Waals surface area contributed by atoms with Crippen LogP contribution in [0.3, 0.4) is 0 Å². The first-order chi connectivity index (χ1) is 16.1. The summed E-state index contributed by atoms with van der Waals surface area (Å²) in [6.07, 6.45) is 0.944. The molecular weight excluding hydrogens is 412 g/mol. The number of anilines is 1. The van der Waals surface area contributed by atoms with E-state index in [1.54, 1.807) is 0 Å². The van der Waals surface area contributed by atoms with Gasteiger partial charge in [0.1, 0.15) is 11.3 Å². The van der Waals surface area contributed by atoms with Gasteiger partial charge in [0, 0.05) is 16.6 Å². The van der Waals surface area contributed by atoms with Crippen LogP contribution in [-0.4, -0.2) is 17.5 Å². The number of ether oxygens (including phenoxy) is 1. The molecule has 5 rings (SSSR count). The van der Waals surface area contributed by atoms with Crippen molar-refractivity contribution in [2.24, 2.45) is 0 Å². The average molecular weight is 437 g/mol. The second kappa shape index (κ2) is 8.79. The summed E-state index contributed by atoms with van der Waals surface area (Å²) in [5.74, 6) is 0.987. The molecule has 4 aromatic carbocycles. The predicted molar refractivity (Wildman–Crippen MR) is 132 cm³/mol. The quantitative estimate of drug-likeness (QED) is 0.328. The van der Waals surface area contributed by atoms with Gasteiger partial charge >= 0.3 is 0 Å². The zero-order chi connectivity index (χ0) is 22.8. The van der Waals surface area contributed by atoms with Crippen LogP contribution in [-0.2, 0) is 11.2 Å². The third kappa shape index (κ3) is 4.30. The van der Waals surface area contributed by atoms with E-state index in [2.05, 4.69) is 17.2 Å². The molecule has 5 nitrogen and oxygen atoms in total. The van der Waals surface area contributed by atoms with Gasteiger partial charge in [-0.15, -0.1) is 0 Å². The number of carbonyl (C=O) groups is 1. The number of fused-ring (bicyclic) bond motifs is 2. The highest BCUT2D eigenvalue weighted by Gasteiger charge is 2.13. The van der Waals surface area contributed by atoms with Gasteiger partial charge in [-0.3, -0.25) is 4.79 Å². The van der Waals surface area contributed by atoms with E-state index in [1.807, 2.05) is 85.8 Å². The second-order valence-corrected chi connectivity index (χ2v) is 8.02. The lowest BCUT2D eigenvalue weighted by atomic mass is 10.1. The van der Waals surface area contributed by atoms with Crippen molar-refractivity contribution in [2.75, 3.05) is 11.9 Å². The Morgan fingerprint density at radius 1 is 1.00 bits per heavy atom. The summed E-state index contributed by atoms with van der Waals surface area (Å²) in [5.41, 5.74) is 5.25. The summed E-state index contributed by atoms with van der Waals surface area (Å²) >= 11 is 0. The Morgan fingerprint density at radius 3 is 2.73 bits per heavy atom. The molecule has 164 valence electrons. The van der Waals surface area contributed by atoms with Crippen molar-refractivity contribution in [3.05, 3.63) is 90.0 Å². The smallest absolute Gasteiger partial charge is 0.262 e. The Balaban J connectivity index is 1.33. The molecule has 0 saturated carbocycles. The molecule has 0 aliphatic carbocycles. The van der Waals surface area contributed by atoms with Crippen LogP contribution in [0, 0.1) is 6.92 Å². The molecule has 0 atom stereocenters. The standard InChI is InChI=1S/C28H24N2O3/c1-3-19-12-14-26-24(15-19)30-28(33-26)21-13-11-18(2)23(16-21)29-27(31)17-32-25-10-6-8-20-7-4-5-9-22(20)25/h4-16H,3,17H2,1-2H3,(H,29,31). The molecule has 0 aliphatic rings. The van der Waals surface area contributed by atoms with Crippen LogP contribution in [0.25, 0.3) is 33.3 Å². The fourth-order valence-corrected chi connectivity index (χ4v) is 3.86. The van der Waals surface area contributed by atoms with E-state index in [0.29, 0.717) is 17.3 Å². The van der Waals surface area contributed by atoms with Crippen molar-refractivity contribution >= 4 is 33.5 Å². The van der Waals surface area contributed by atoms with E-state index in [0.717, 1.165) is 39.4 Å². The van der Waals surface area contributed by atoms with Crippen molar-refractivity contribution in [3.63, 3.8) is 0 Å². The molecule has 1 heterocycles. The van der Waals surface area contributed by atoms with Gasteiger partial charge in [-0.2, -0.15) is 0 Å². The van der Waals surface area contributed by atoms with Gasteiger partial charge in [-0.1, -0.05) is 55.5 Å². The zero-order valence-corrected chi connectivity index (χ0v) is 18.6. The van der Waals surface area contributed by atoms with Crippen LogP contribution < -0.4 is 10.1 Å². The van der Waals surface area contributed by atoms with Crippen molar-refractivity contribution in [1.29, 1.82) is 0 Å². The fourth-order valence-electron chi connectivity index (χ4n) is 3.86. The van der Waals surface area contributed by atoms with Gasteiger partial charge < -0.3 is 14.5 Å². The van der Waals surface area contributed by atoms with Crippen LogP contribution in [0.1, 0.15) is 18.1 Å². The average Bonchev–Trinajstić information content (AvgIpc) is 3.27. The van der Waals surface area contributed by atoms with Gasteiger partial charge in [0.15, 0.2) is 12.2 Å².